The topological polar surface area (TPSA) is 53.2 Å². The zero-order valence-corrected chi connectivity index (χ0v) is 10.00. The van der Waals surface area contributed by atoms with Crippen molar-refractivity contribution in [2.24, 2.45) is 0 Å². The third kappa shape index (κ3) is 2.88. The predicted molar refractivity (Wildman–Crippen MR) is 68.3 cm³/mol. The van der Waals surface area contributed by atoms with E-state index in [2.05, 4.69) is 0 Å². The van der Waals surface area contributed by atoms with Gasteiger partial charge in [-0.05, 0) is 36.8 Å². The highest BCUT2D eigenvalue weighted by molar-refractivity contribution is 5.36. The van der Waals surface area contributed by atoms with E-state index >= 15 is 0 Å². The lowest BCUT2D eigenvalue weighted by atomic mass is 10.1. The SMILES string of the molecule is Cc1ccc(Oc2cccc(C(O)C#N)c2)cc1. The van der Waals surface area contributed by atoms with Gasteiger partial charge in [-0.25, -0.2) is 0 Å². The number of hydrogen-bond acceptors (Lipinski definition) is 3. The minimum Gasteiger partial charge on any atom is -0.457 e. The lowest BCUT2D eigenvalue weighted by Gasteiger charge is -2.08. The Kier molecular flexibility index (Phi) is 3.61. The monoisotopic (exact) mass is 239 g/mol. The number of nitrogens with zero attached hydrogens (tertiary/aromatic N) is 1. The Morgan fingerprint density at radius 1 is 1.11 bits per heavy atom. The van der Waals surface area contributed by atoms with Crippen LogP contribution in [0, 0.1) is 18.3 Å². The summed E-state index contributed by atoms with van der Waals surface area (Å²) in [4.78, 5) is 0. The number of aryl methyl sites for hydroxylation is 1. The average molecular weight is 239 g/mol. The molecule has 2 aromatic rings. The highest BCUT2D eigenvalue weighted by Crippen LogP contribution is 2.24. The molecule has 0 aliphatic heterocycles. The number of hydrogen-bond donors (Lipinski definition) is 1. The second kappa shape index (κ2) is 5.35. The van der Waals surface area contributed by atoms with Gasteiger partial charge in [0, 0.05) is 0 Å². The molecule has 1 unspecified atom stereocenters. The molecule has 3 heteroatoms. The Labute approximate surface area is 106 Å². The highest BCUT2D eigenvalue weighted by Gasteiger charge is 2.06. The molecular formula is C15H13NO2. The fourth-order valence-corrected chi connectivity index (χ4v) is 1.57. The molecule has 0 aromatic heterocycles. The summed E-state index contributed by atoms with van der Waals surface area (Å²) in [5, 5.41) is 18.1. The van der Waals surface area contributed by atoms with Crippen molar-refractivity contribution < 1.29 is 9.84 Å². The van der Waals surface area contributed by atoms with Crippen molar-refractivity contribution in [1.82, 2.24) is 0 Å². The van der Waals surface area contributed by atoms with E-state index in [1.807, 2.05) is 31.2 Å². The summed E-state index contributed by atoms with van der Waals surface area (Å²) in [6.07, 6.45) is -1.12. The van der Waals surface area contributed by atoms with Crippen LogP contribution >= 0.6 is 0 Å². The van der Waals surface area contributed by atoms with Gasteiger partial charge in [0.25, 0.3) is 0 Å². The standard InChI is InChI=1S/C15H13NO2/c1-11-5-7-13(8-6-11)18-14-4-2-3-12(9-14)15(17)10-16/h2-9,15,17H,1H3. The minimum absolute atomic E-state index is 0.530. The maximum Gasteiger partial charge on any atom is 0.166 e. The van der Waals surface area contributed by atoms with Crippen molar-refractivity contribution in [3.05, 3.63) is 59.7 Å². The molecule has 0 amide bonds. The molecule has 0 aliphatic rings. The van der Waals surface area contributed by atoms with Gasteiger partial charge in [0.15, 0.2) is 6.10 Å². The quantitative estimate of drug-likeness (QED) is 0.836. The summed E-state index contributed by atoms with van der Waals surface area (Å²) in [6.45, 7) is 2.01. The smallest absolute Gasteiger partial charge is 0.166 e. The summed E-state index contributed by atoms with van der Waals surface area (Å²) in [7, 11) is 0. The van der Waals surface area contributed by atoms with E-state index in [0.717, 1.165) is 11.3 Å². The van der Waals surface area contributed by atoms with Crippen molar-refractivity contribution in [2.75, 3.05) is 0 Å². The lowest BCUT2D eigenvalue weighted by molar-refractivity contribution is 0.235. The van der Waals surface area contributed by atoms with Crippen LogP contribution < -0.4 is 4.74 Å². The van der Waals surface area contributed by atoms with Gasteiger partial charge in [-0.1, -0.05) is 29.8 Å². The molecule has 0 radical (unpaired) electrons. The Morgan fingerprint density at radius 2 is 1.83 bits per heavy atom. The van der Waals surface area contributed by atoms with Gasteiger partial charge in [-0.3, -0.25) is 0 Å². The molecule has 18 heavy (non-hydrogen) atoms. The van der Waals surface area contributed by atoms with Gasteiger partial charge in [-0.2, -0.15) is 5.26 Å². The van der Waals surface area contributed by atoms with Crippen LogP contribution in [0.15, 0.2) is 48.5 Å². The first-order valence-electron chi connectivity index (χ1n) is 5.61. The second-order valence-corrected chi connectivity index (χ2v) is 4.02. The molecule has 1 atom stereocenters. The van der Waals surface area contributed by atoms with Crippen LogP contribution in [0.3, 0.4) is 0 Å². The van der Waals surface area contributed by atoms with Crippen molar-refractivity contribution in [3.63, 3.8) is 0 Å². The Balaban J connectivity index is 2.19. The summed E-state index contributed by atoms with van der Waals surface area (Å²) in [5.41, 5.74) is 1.69. The van der Waals surface area contributed by atoms with Crippen LogP contribution in [-0.4, -0.2) is 5.11 Å². The van der Waals surface area contributed by atoms with E-state index in [1.165, 1.54) is 0 Å². The number of aliphatic hydroxyl groups is 1. The molecule has 3 nitrogen and oxygen atoms in total. The first kappa shape index (κ1) is 12.2. The average Bonchev–Trinajstić information content (AvgIpc) is 2.41. The van der Waals surface area contributed by atoms with E-state index in [1.54, 1.807) is 30.3 Å². The zero-order chi connectivity index (χ0) is 13.0. The van der Waals surface area contributed by atoms with Crippen LogP contribution in [0.25, 0.3) is 0 Å². The van der Waals surface area contributed by atoms with Crippen LogP contribution in [0.4, 0.5) is 0 Å². The number of nitriles is 1. The van der Waals surface area contributed by atoms with E-state index < -0.39 is 6.10 Å². The van der Waals surface area contributed by atoms with Gasteiger partial charge in [-0.15, -0.1) is 0 Å². The first-order chi connectivity index (χ1) is 8.69. The molecule has 0 saturated carbocycles. The Bertz CT molecular complexity index is 570. The number of rotatable bonds is 3. The minimum atomic E-state index is -1.12. The van der Waals surface area contributed by atoms with Crippen molar-refractivity contribution in [2.45, 2.75) is 13.0 Å². The van der Waals surface area contributed by atoms with Gasteiger partial charge in [0.1, 0.15) is 11.5 Å². The molecule has 0 spiro atoms. The fraction of sp³-hybridized carbons (Fsp3) is 0.133. The van der Waals surface area contributed by atoms with E-state index in [0.29, 0.717) is 11.3 Å². The molecule has 90 valence electrons. The van der Waals surface area contributed by atoms with Crippen LogP contribution in [-0.2, 0) is 0 Å². The largest absolute Gasteiger partial charge is 0.457 e. The number of benzene rings is 2. The fourth-order valence-electron chi connectivity index (χ4n) is 1.57. The predicted octanol–water partition coefficient (Wildman–Crippen LogP) is 3.34. The summed E-state index contributed by atoms with van der Waals surface area (Å²) in [5.74, 6) is 1.33. The van der Waals surface area contributed by atoms with E-state index in [4.69, 9.17) is 10.00 Å². The van der Waals surface area contributed by atoms with Crippen molar-refractivity contribution >= 4 is 0 Å². The van der Waals surface area contributed by atoms with Crippen LogP contribution in [0.5, 0.6) is 11.5 Å². The van der Waals surface area contributed by atoms with E-state index in [9.17, 15) is 5.11 Å². The number of ether oxygens (including phenoxy) is 1. The van der Waals surface area contributed by atoms with E-state index in [-0.39, 0.29) is 0 Å². The Hall–Kier alpha value is -2.31. The molecule has 0 heterocycles. The molecule has 0 aliphatic carbocycles. The molecule has 2 rings (SSSR count). The third-order valence-corrected chi connectivity index (χ3v) is 2.55. The molecule has 0 saturated heterocycles. The second-order valence-electron chi connectivity index (χ2n) is 4.02. The molecule has 1 N–H and O–H groups in total. The molecular weight excluding hydrogens is 226 g/mol. The molecule has 2 aromatic carbocycles. The Morgan fingerprint density at radius 3 is 2.50 bits per heavy atom. The maximum atomic E-state index is 9.44. The lowest BCUT2D eigenvalue weighted by Crippen LogP contribution is -1.93. The van der Waals surface area contributed by atoms with Crippen LogP contribution in [0.2, 0.25) is 0 Å². The third-order valence-electron chi connectivity index (χ3n) is 2.55. The summed E-state index contributed by atoms with van der Waals surface area (Å²) >= 11 is 0. The number of aliphatic hydroxyl groups excluding tert-OH is 1. The van der Waals surface area contributed by atoms with Gasteiger partial charge >= 0.3 is 0 Å². The van der Waals surface area contributed by atoms with Gasteiger partial charge in [0.2, 0.25) is 0 Å². The zero-order valence-electron chi connectivity index (χ0n) is 10.00. The van der Waals surface area contributed by atoms with Crippen molar-refractivity contribution in [1.29, 1.82) is 5.26 Å². The first-order valence-corrected chi connectivity index (χ1v) is 5.61. The van der Waals surface area contributed by atoms with Crippen molar-refractivity contribution in [3.8, 4) is 17.6 Å². The van der Waals surface area contributed by atoms with Gasteiger partial charge in [0.05, 0.1) is 6.07 Å². The summed E-state index contributed by atoms with van der Waals surface area (Å²) in [6, 6.07) is 16.3. The molecule has 0 fully saturated rings. The summed E-state index contributed by atoms with van der Waals surface area (Å²) < 4.78 is 5.65. The van der Waals surface area contributed by atoms with Gasteiger partial charge < -0.3 is 9.84 Å². The maximum absolute atomic E-state index is 9.44. The molecule has 0 bridgehead atoms. The normalized spacial score (nSPS) is 11.6. The van der Waals surface area contributed by atoms with Crippen LogP contribution in [0.1, 0.15) is 17.2 Å². The highest BCUT2D eigenvalue weighted by atomic mass is 16.5.